The highest BCUT2D eigenvalue weighted by Crippen LogP contribution is 2.37. The number of alkyl halides is 2. The van der Waals surface area contributed by atoms with Crippen LogP contribution in [0.2, 0.25) is 0 Å². The van der Waals surface area contributed by atoms with Gasteiger partial charge in [-0.3, -0.25) is 0 Å². The monoisotopic (exact) mass is 374 g/mol. The predicted octanol–water partition coefficient (Wildman–Crippen LogP) is 3.20. The summed E-state index contributed by atoms with van der Waals surface area (Å²) in [7, 11) is 1.49. The molecule has 0 bridgehead atoms. The third-order valence-electron chi connectivity index (χ3n) is 1.31. The lowest BCUT2D eigenvalue weighted by Crippen LogP contribution is -2.02. The van der Waals surface area contributed by atoms with Crippen LogP contribution in [0.1, 0.15) is 9.50 Å². The molecule has 1 rings (SSSR count). The molecular formula is C7H5Br3O3. The van der Waals surface area contributed by atoms with E-state index in [1.54, 1.807) is 0 Å². The van der Waals surface area contributed by atoms with Crippen molar-refractivity contribution in [1.29, 1.82) is 0 Å². The van der Waals surface area contributed by atoms with Gasteiger partial charge in [0.05, 0.1) is 13.2 Å². The fourth-order valence-electron chi connectivity index (χ4n) is 0.763. The molecule has 1 aromatic heterocycles. The van der Waals surface area contributed by atoms with Gasteiger partial charge in [0.2, 0.25) is 0 Å². The first-order valence-electron chi connectivity index (χ1n) is 3.22. The fourth-order valence-corrected chi connectivity index (χ4v) is 2.61. The molecule has 1 heterocycles. The second kappa shape index (κ2) is 4.61. The van der Waals surface area contributed by atoms with E-state index in [4.69, 9.17) is 9.15 Å². The van der Waals surface area contributed by atoms with E-state index in [0.29, 0.717) is 16.0 Å². The number of rotatable bonds is 2. The molecule has 13 heavy (non-hydrogen) atoms. The molecule has 0 fully saturated rings. The van der Waals surface area contributed by atoms with Crippen LogP contribution < -0.4 is 10.4 Å². The van der Waals surface area contributed by atoms with Crippen LogP contribution in [0.25, 0.3) is 0 Å². The SMILES string of the molecule is COc1cc(=O)oc(C(Br)Br)c1Br. The van der Waals surface area contributed by atoms with E-state index in [9.17, 15) is 4.79 Å². The minimum absolute atomic E-state index is 0.225. The lowest BCUT2D eigenvalue weighted by atomic mass is 10.4. The minimum Gasteiger partial charge on any atom is -0.495 e. The summed E-state index contributed by atoms with van der Waals surface area (Å²) in [6.45, 7) is 0. The first-order valence-corrected chi connectivity index (χ1v) is 5.84. The summed E-state index contributed by atoms with van der Waals surface area (Å²) in [6, 6.07) is 1.27. The van der Waals surface area contributed by atoms with E-state index in [1.807, 2.05) is 0 Å². The van der Waals surface area contributed by atoms with Crippen LogP contribution in [-0.4, -0.2) is 7.11 Å². The Morgan fingerprint density at radius 3 is 2.62 bits per heavy atom. The average molecular weight is 377 g/mol. The predicted molar refractivity (Wildman–Crippen MR) is 59.8 cm³/mol. The second-order valence-corrected chi connectivity index (χ2v) is 5.97. The Morgan fingerprint density at radius 2 is 2.15 bits per heavy atom. The van der Waals surface area contributed by atoms with Gasteiger partial charge < -0.3 is 9.15 Å². The Morgan fingerprint density at radius 1 is 1.54 bits per heavy atom. The van der Waals surface area contributed by atoms with Gasteiger partial charge in [-0.25, -0.2) is 4.79 Å². The van der Waals surface area contributed by atoms with Crippen molar-refractivity contribution in [3.8, 4) is 5.75 Å². The number of hydrogen-bond acceptors (Lipinski definition) is 3. The number of ether oxygens (including phenoxy) is 1. The van der Waals surface area contributed by atoms with Crippen molar-refractivity contribution < 1.29 is 9.15 Å². The zero-order chi connectivity index (χ0) is 10.0. The van der Waals surface area contributed by atoms with Crippen LogP contribution in [-0.2, 0) is 0 Å². The van der Waals surface area contributed by atoms with Gasteiger partial charge in [0, 0.05) is 0 Å². The lowest BCUT2D eigenvalue weighted by Gasteiger charge is -2.06. The summed E-state index contributed by atoms with van der Waals surface area (Å²) >= 11 is 9.72. The molecule has 0 aliphatic heterocycles. The van der Waals surface area contributed by atoms with E-state index in [2.05, 4.69) is 47.8 Å². The molecule has 0 aliphatic rings. The maximum absolute atomic E-state index is 11.0. The molecule has 6 heteroatoms. The Kier molecular flexibility index (Phi) is 4.00. The maximum Gasteiger partial charge on any atom is 0.339 e. The van der Waals surface area contributed by atoms with Crippen LogP contribution >= 0.6 is 47.8 Å². The molecule has 0 saturated carbocycles. The van der Waals surface area contributed by atoms with E-state index >= 15 is 0 Å². The van der Waals surface area contributed by atoms with Gasteiger partial charge in [-0.2, -0.15) is 0 Å². The molecule has 0 radical (unpaired) electrons. The Labute approximate surface area is 99.8 Å². The normalized spacial score (nSPS) is 10.5. The molecule has 0 spiro atoms. The largest absolute Gasteiger partial charge is 0.495 e. The van der Waals surface area contributed by atoms with Crippen molar-refractivity contribution >= 4 is 47.8 Å². The topological polar surface area (TPSA) is 39.4 Å². The van der Waals surface area contributed by atoms with Crippen LogP contribution in [0.5, 0.6) is 5.75 Å². The number of halogens is 3. The molecule has 0 amide bonds. The summed E-state index contributed by atoms with van der Waals surface area (Å²) < 4.78 is 10.3. The van der Waals surface area contributed by atoms with E-state index in [0.717, 1.165) is 0 Å². The maximum atomic E-state index is 11.0. The van der Waals surface area contributed by atoms with Gasteiger partial charge in [-0.05, 0) is 15.9 Å². The summed E-state index contributed by atoms with van der Waals surface area (Å²) in [5, 5.41) is 0. The van der Waals surface area contributed by atoms with Crippen molar-refractivity contribution in [2.45, 2.75) is 3.74 Å². The van der Waals surface area contributed by atoms with Crippen molar-refractivity contribution in [2.75, 3.05) is 7.11 Å². The molecule has 0 saturated heterocycles. The number of methoxy groups -OCH3 is 1. The summed E-state index contributed by atoms with van der Waals surface area (Å²) in [5.74, 6) is 0.902. The highest BCUT2D eigenvalue weighted by Gasteiger charge is 2.15. The summed E-state index contributed by atoms with van der Waals surface area (Å²) in [5.41, 5.74) is -0.445. The standard InChI is InChI=1S/C7H5Br3O3/c1-12-3-2-4(11)13-6(5(3)8)7(9)10/h2,7H,1H3. The lowest BCUT2D eigenvalue weighted by molar-refractivity contribution is 0.391. The third-order valence-corrected chi connectivity index (χ3v) is 2.92. The number of hydrogen-bond donors (Lipinski definition) is 0. The van der Waals surface area contributed by atoms with E-state index in [1.165, 1.54) is 13.2 Å². The van der Waals surface area contributed by atoms with Gasteiger partial charge >= 0.3 is 5.63 Å². The van der Waals surface area contributed by atoms with Crippen LogP contribution in [0.15, 0.2) is 19.8 Å². The molecule has 0 atom stereocenters. The molecule has 0 aliphatic carbocycles. The summed E-state index contributed by atoms with van der Waals surface area (Å²) in [4.78, 5) is 11.0. The highest BCUT2D eigenvalue weighted by atomic mass is 79.9. The van der Waals surface area contributed by atoms with E-state index in [-0.39, 0.29) is 3.74 Å². The quantitative estimate of drug-likeness (QED) is 0.744. The zero-order valence-corrected chi connectivity index (χ0v) is 11.3. The van der Waals surface area contributed by atoms with Gasteiger partial charge in [-0.1, -0.05) is 31.9 Å². The van der Waals surface area contributed by atoms with Crippen LogP contribution in [0.4, 0.5) is 0 Å². The first kappa shape index (κ1) is 11.3. The fraction of sp³-hybridized carbons (Fsp3) is 0.286. The molecule has 0 unspecified atom stereocenters. The van der Waals surface area contributed by atoms with Crippen LogP contribution in [0, 0.1) is 0 Å². The minimum atomic E-state index is -0.445. The molecular weight excluding hydrogens is 372 g/mol. The first-order chi connectivity index (χ1) is 6.06. The van der Waals surface area contributed by atoms with Crippen molar-refractivity contribution in [1.82, 2.24) is 0 Å². The smallest absolute Gasteiger partial charge is 0.339 e. The molecule has 0 N–H and O–H groups in total. The molecule has 1 aromatic rings. The zero-order valence-electron chi connectivity index (χ0n) is 6.51. The Bertz CT molecular complexity index is 358. The molecule has 72 valence electrons. The van der Waals surface area contributed by atoms with Gasteiger partial charge in [-0.15, -0.1) is 0 Å². The van der Waals surface area contributed by atoms with Gasteiger partial charge in [0.15, 0.2) is 5.76 Å². The van der Waals surface area contributed by atoms with E-state index < -0.39 is 5.63 Å². The molecule has 0 aromatic carbocycles. The van der Waals surface area contributed by atoms with Crippen molar-refractivity contribution in [3.63, 3.8) is 0 Å². The second-order valence-electron chi connectivity index (χ2n) is 2.11. The van der Waals surface area contributed by atoms with Gasteiger partial charge in [0.25, 0.3) is 0 Å². The van der Waals surface area contributed by atoms with Crippen molar-refractivity contribution in [2.24, 2.45) is 0 Å². The van der Waals surface area contributed by atoms with Gasteiger partial charge in [0.1, 0.15) is 14.0 Å². The Hall–Kier alpha value is 0.190. The van der Waals surface area contributed by atoms with Crippen molar-refractivity contribution in [3.05, 3.63) is 26.7 Å². The van der Waals surface area contributed by atoms with Crippen LogP contribution in [0.3, 0.4) is 0 Å². The Balaban J connectivity index is 3.36. The summed E-state index contributed by atoms with van der Waals surface area (Å²) in [6.07, 6.45) is 0. The average Bonchev–Trinajstić information content (AvgIpc) is 2.08. The molecule has 3 nitrogen and oxygen atoms in total. The third kappa shape index (κ3) is 2.57. The highest BCUT2D eigenvalue weighted by molar-refractivity contribution is 9.24.